The van der Waals surface area contributed by atoms with E-state index in [1.807, 2.05) is 65.0 Å². The number of likely N-dealkylation sites (tertiary alicyclic amines) is 1. The molecule has 2 aromatic heterocycles. The van der Waals surface area contributed by atoms with Crippen LogP contribution in [0.25, 0.3) is 10.9 Å². The van der Waals surface area contributed by atoms with E-state index in [0.29, 0.717) is 31.0 Å². The second kappa shape index (κ2) is 18.2. The maximum atomic E-state index is 11.8. The smallest absolute Gasteiger partial charge is 0.322 e. The molecule has 1 aliphatic heterocycles. The highest BCUT2D eigenvalue weighted by molar-refractivity contribution is 7.08. The molecule has 3 heterocycles. The molecule has 3 amide bonds. The number of aryl methyl sites for hydroxylation is 1. The number of carbonyl (C=O) groups excluding carboxylic acids is 3. The van der Waals surface area contributed by atoms with Crippen LogP contribution in [0.1, 0.15) is 73.6 Å². The highest BCUT2D eigenvalue weighted by Gasteiger charge is 2.29. The number of nitrogens with zero attached hydrogens (tertiary/aromatic N) is 3. The third-order valence-corrected chi connectivity index (χ3v) is 7.21. The van der Waals surface area contributed by atoms with Crippen LogP contribution in [0.5, 0.6) is 5.75 Å². The molecule has 0 unspecified atom stereocenters. The van der Waals surface area contributed by atoms with E-state index in [-0.39, 0.29) is 29.1 Å². The van der Waals surface area contributed by atoms with Crippen molar-refractivity contribution in [1.29, 1.82) is 0 Å². The first-order valence-electron chi connectivity index (χ1n) is 14.6. The molecule has 0 aliphatic carbocycles. The predicted octanol–water partition coefficient (Wildman–Crippen LogP) is 4.56. The highest BCUT2D eigenvalue weighted by atomic mass is 32.1. The number of primary amides is 1. The molecule has 0 bridgehead atoms. The fourth-order valence-corrected chi connectivity index (χ4v) is 5.04. The average Bonchev–Trinajstić information content (AvgIpc) is 3.71. The molecule has 0 radical (unpaired) electrons. The Bertz CT molecular complexity index is 1570. The molecule has 1 fully saturated rings. The Balaban J connectivity index is 0.000000280. The summed E-state index contributed by atoms with van der Waals surface area (Å²) in [6.45, 7) is 13.0. The van der Waals surface area contributed by atoms with Gasteiger partial charge in [-0.15, -0.1) is 0 Å². The molecular formula is C32H42N6O5S. The van der Waals surface area contributed by atoms with Crippen LogP contribution in [-0.2, 0) is 16.2 Å². The van der Waals surface area contributed by atoms with Crippen LogP contribution in [0.4, 0.5) is 0 Å². The molecule has 0 spiro atoms. The van der Waals surface area contributed by atoms with Gasteiger partial charge in [0.15, 0.2) is 0 Å². The fourth-order valence-electron chi connectivity index (χ4n) is 4.31. The van der Waals surface area contributed by atoms with Crippen LogP contribution in [0.15, 0.2) is 59.4 Å². The first kappa shape index (κ1) is 35.6. The van der Waals surface area contributed by atoms with Crippen molar-refractivity contribution in [3.05, 3.63) is 86.1 Å². The molecule has 236 valence electrons. The van der Waals surface area contributed by atoms with Crippen molar-refractivity contribution < 1.29 is 19.1 Å². The predicted molar refractivity (Wildman–Crippen MR) is 174 cm³/mol. The Morgan fingerprint density at radius 2 is 1.77 bits per heavy atom. The first-order valence-corrected chi connectivity index (χ1v) is 15.5. The minimum absolute atomic E-state index is 0.0266. The lowest BCUT2D eigenvalue weighted by Crippen LogP contribution is -2.38. The lowest BCUT2D eigenvalue weighted by molar-refractivity contribution is -0.131. The van der Waals surface area contributed by atoms with Crippen LogP contribution < -0.4 is 20.7 Å². The number of benzene rings is 2. The molecule has 2 aromatic carbocycles. The number of rotatable bonds is 7. The molecule has 1 atom stereocenters. The van der Waals surface area contributed by atoms with Crippen molar-refractivity contribution in [3.63, 3.8) is 0 Å². The summed E-state index contributed by atoms with van der Waals surface area (Å²) < 4.78 is 5.81. The number of aromatic amines is 1. The van der Waals surface area contributed by atoms with Gasteiger partial charge in [-0.3, -0.25) is 24.2 Å². The molecule has 4 N–H and O–H groups in total. The third-order valence-electron chi connectivity index (χ3n) is 6.30. The summed E-state index contributed by atoms with van der Waals surface area (Å²) in [6.07, 6.45) is 0.798. The zero-order valence-electron chi connectivity index (χ0n) is 26.2. The molecular weight excluding hydrogens is 580 g/mol. The van der Waals surface area contributed by atoms with Gasteiger partial charge in [-0.1, -0.05) is 57.2 Å². The summed E-state index contributed by atoms with van der Waals surface area (Å²) in [5.74, 6) is 0.0567. The number of H-pyrrole nitrogens is 1. The molecule has 44 heavy (non-hydrogen) atoms. The Labute approximate surface area is 261 Å². The molecule has 5 rings (SSSR count). The number of nitrogens with one attached hydrogen (secondary N) is 2. The number of para-hydroxylation sites is 1. The fraction of sp³-hybridized carbons (Fsp3) is 0.375. The van der Waals surface area contributed by atoms with Crippen LogP contribution in [0, 0.1) is 6.92 Å². The maximum Gasteiger partial charge on any atom is 0.322 e. The van der Waals surface area contributed by atoms with Gasteiger partial charge >= 0.3 is 4.87 Å². The summed E-state index contributed by atoms with van der Waals surface area (Å²) in [5, 5.41) is 10.6. The lowest BCUT2D eigenvalue weighted by atomic mass is 10.1. The van der Waals surface area contributed by atoms with Crippen molar-refractivity contribution in [1.82, 2.24) is 25.4 Å². The molecule has 1 saturated heterocycles. The van der Waals surface area contributed by atoms with Crippen molar-refractivity contribution in [2.75, 3.05) is 19.6 Å². The largest absolute Gasteiger partial charge is 0.489 e. The average molecular weight is 623 g/mol. The molecule has 4 aromatic rings. The van der Waals surface area contributed by atoms with E-state index in [9.17, 15) is 19.2 Å². The topological polar surface area (TPSA) is 160 Å². The number of hydrogen-bond acceptors (Lipinski definition) is 8. The summed E-state index contributed by atoms with van der Waals surface area (Å²) in [5.41, 5.74) is 8.70. The van der Waals surface area contributed by atoms with Crippen LogP contribution in [0.3, 0.4) is 0 Å². The Kier molecular flexibility index (Phi) is 14.7. The minimum atomic E-state index is -0.442. The van der Waals surface area contributed by atoms with E-state index < -0.39 is 5.91 Å². The van der Waals surface area contributed by atoms with Gasteiger partial charge in [-0.05, 0) is 49.7 Å². The SMILES string of the molecule is CC.CC.CC(=O)NCC(=O)N1CC[C@@H](c2n[nH]c(=O)s2)C1.Cc1cc(COc2ccc(C(N)=O)cc2)c2ccccc2n1. The molecule has 1 aliphatic rings. The Morgan fingerprint density at radius 3 is 2.39 bits per heavy atom. The number of ether oxygens (including phenoxy) is 1. The summed E-state index contributed by atoms with van der Waals surface area (Å²) in [4.78, 5) is 50.6. The van der Waals surface area contributed by atoms with Crippen molar-refractivity contribution in [3.8, 4) is 5.75 Å². The van der Waals surface area contributed by atoms with Gasteiger partial charge in [0.05, 0.1) is 12.1 Å². The van der Waals surface area contributed by atoms with Gasteiger partial charge in [0.1, 0.15) is 17.4 Å². The summed E-state index contributed by atoms with van der Waals surface area (Å²) in [7, 11) is 0. The summed E-state index contributed by atoms with van der Waals surface area (Å²) in [6, 6.07) is 16.8. The van der Waals surface area contributed by atoms with Crippen molar-refractivity contribution in [2.45, 2.75) is 60.5 Å². The number of pyridine rings is 1. The van der Waals surface area contributed by atoms with Gasteiger partial charge < -0.3 is 20.7 Å². The van der Waals surface area contributed by atoms with Gasteiger partial charge in [0.25, 0.3) is 0 Å². The van der Waals surface area contributed by atoms with Gasteiger partial charge in [-0.25, -0.2) is 5.10 Å². The Hall–Kier alpha value is -4.58. The van der Waals surface area contributed by atoms with E-state index in [4.69, 9.17) is 10.5 Å². The van der Waals surface area contributed by atoms with Crippen molar-refractivity contribution >= 4 is 40.0 Å². The van der Waals surface area contributed by atoms with Gasteiger partial charge in [-0.2, -0.15) is 5.10 Å². The zero-order chi connectivity index (χ0) is 32.6. The normalized spacial score (nSPS) is 13.3. The second-order valence-electron chi connectivity index (χ2n) is 9.30. The maximum absolute atomic E-state index is 11.8. The van der Waals surface area contributed by atoms with E-state index in [1.165, 1.54) is 6.92 Å². The van der Waals surface area contributed by atoms with Gasteiger partial charge in [0, 0.05) is 48.1 Å². The number of carbonyl (C=O) groups is 3. The third kappa shape index (κ3) is 10.6. The summed E-state index contributed by atoms with van der Waals surface area (Å²) >= 11 is 1.09. The number of fused-ring (bicyclic) bond motifs is 1. The molecule has 12 heteroatoms. The van der Waals surface area contributed by atoms with Gasteiger partial charge in [0.2, 0.25) is 17.7 Å². The van der Waals surface area contributed by atoms with Crippen LogP contribution in [-0.4, -0.2) is 57.4 Å². The minimum Gasteiger partial charge on any atom is -0.489 e. The number of amides is 3. The van der Waals surface area contributed by atoms with E-state index >= 15 is 0 Å². The van der Waals surface area contributed by atoms with E-state index in [1.54, 1.807) is 29.2 Å². The monoisotopic (exact) mass is 622 g/mol. The second-order valence-corrected chi connectivity index (χ2v) is 10.3. The van der Waals surface area contributed by atoms with Crippen LogP contribution in [0.2, 0.25) is 0 Å². The van der Waals surface area contributed by atoms with Crippen LogP contribution >= 0.6 is 11.3 Å². The van der Waals surface area contributed by atoms with Crippen molar-refractivity contribution in [2.24, 2.45) is 5.73 Å². The lowest BCUT2D eigenvalue weighted by Gasteiger charge is -2.15. The number of nitrogens with two attached hydrogens (primary N) is 1. The zero-order valence-corrected chi connectivity index (χ0v) is 27.0. The highest BCUT2D eigenvalue weighted by Crippen LogP contribution is 2.26. The van der Waals surface area contributed by atoms with E-state index in [0.717, 1.165) is 44.9 Å². The Morgan fingerprint density at radius 1 is 1.09 bits per heavy atom. The number of hydrogen-bond donors (Lipinski definition) is 3. The molecule has 11 nitrogen and oxygen atoms in total. The quantitative estimate of drug-likeness (QED) is 0.272. The standard InChI is InChI=1S/C18H16N2O2.C10H14N4O3S.2C2H6/c1-12-10-14(16-4-2-3-5-17(16)20-12)11-22-15-8-6-13(7-9-15)18(19)21;1-6(15)11-4-8(16)14-3-2-7(5-14)9-12-13-10(17)18-9;2*1-2/h2-10H,11H2,1H3,(H2,19,21);7H,2-5H2,1H3,(H,11,15)(H,13,17);2*1-2H3/t;7-;;/m.1../s1. The molecule has 0 saturated carbocycles. The number of aromatic nitrogens is 3. The van der Waals surface area contributed by atoms with E-state index in [2.05, 4.69) is 20.5 Å². The first-order chi connectivity index (χ1) is 21.2.